The lowest BCUT2D eigenvalue weighted by molar-refractivity contribution is -0.329. The van der Waals surface area contributed by atoms with Gasteiger partial charge >= 0.3 is 17.8 Å². The van der Waals surface area contributed by atoms with Crippen LogP contribution in [0.4, 0.5) is 11.4 Å². The van der Waals surface area contributed by atoms with E-state index in [0.29, 0.717) is 41.9 Å². The molecule has 4 N–H and O–H groups in total. The molecule has 0 bridgehead atoms. The second-order valence-electron chi connectivity index (χ2n) is 9.11. The summed E-state index contributed by atoms with van der Waals surface area (Å²) < 4.78 is 11.5. The lowest BCUT2D eigenvalue weighted by Crippen LogP contribution is -2.46. The zero-order valence-corrected chi connectivity index (χ0v) is 20.7. The molecule has 1 heterocycles. The van der Waals surface area contributed by atoms with E-state index in [2.05, 4.69) is 10.3 Å². The molecule has 1 aliphatic rings. The molecule has 1 aliphatic heterocycles. The fraction of sp³-hybridized carbons (Fsp3) is 0.346. The van der Waals surface area contributed by atoms with E-state index in [4.69, 9.17) is 9.47 Å². The number of ether oxygens (including phenoxy) is 2. The molecule has 11 nitrogen and oxygen atoms in total. The Kier molecular flexibility index (Phi) is 8.74. The van der Waals surface area contributed by atoms with Crippen LogP contribution in [0.1, 0.15) is 26.7 Å². The maximum absolute atomic E-state index is 12.5. The third-order valence-electron chi connectivity index (χ3n) is 5.93. The summed E-state index contributed by atoms with van der Waals surface area (Å²) in [4.78, 5) is 40.1. The minimum atomic E-state index is -1.69. The van der Waals surface area contributed by atoms with Gasteiger partial charge in [0.2, 0.25) is 17.7 Å². The molecule has 3 rings (SSSR count). The lowest BCUT2D eigenvalue weighted by atomic mass is 9.93. The molecule has 0 saturated carbocycles. The number of methoxy groups -OCH3 is 1. The van der Waals surface area contributed by atoms with Crippen molar-refractivity contribution in [2.45, 2.75) is 38.5 Å². The van der Waals surface area contributed by atoms with E-state index < -0.39 is 35.3 Å². The van der Waals surface area contributed by atoms with Gasteiger partial charge in [0.1, 0.15) is 11.5 Å². The molecule has 37 heavy (non-hydrogen) atoms. The number of nitrogens with zero attached hydrogens (tertiary/aromatic N) is 2. The first kappa shape index (κ1) is 27.5. The summed E-state index contributed by atoms with van der Waals surface area (Å²) in [5.41, 5.74) is -0.0986. The Morgan fingerprint density at radius 1 is 1.14 bits per heavy atom. The van der Waals surface area contributed by atoms with E-state index in [-0.39, 0.29) is 12.3 Å². The molecule has 0 aromatic heterocycles. The van der Waals surface area contributed by atoms with Crippen LogP contribution in [0.5, 0.6) is 11.5 Å². The van der Waals surface area contributed by atoms with E-state index in [1.807, 2.05) is 13.8 Å². The van der Waals surface area contributed by atoms with Gasteiger partial charge in [0.15, 0.2) is 0 Å². The SMILES string of the molecule is COc1cccc(OC(O)C(CNC(C)(C)CCC2=Nc3ccccc3[N+]2=O)C(=CC(=O)O)C(=O)O)c1. The third-order valence-corrected chi connectivity index (χ3v) is 5.93. The number of amidine groups is 1. The van der Waals surface area contributed by atoms with Crippen LogP contribution in [-0.4, -0.2) is 63.3 Å². The van der Waals surface area contributed by atoms with Gasteiger partial charge in [-0.1, -0.05) is 23.1 Å². The van der Waals surface area contributed by atoms with E-state index in [9.17, 15) is 29.8 Å². The van der Waals surface area contributed by atoms with Crippen molar-refractivity contribution in [2.75, 3.05) is 13.7 Å². The summed E-state index contributed by atoms with van der Waals surface area (Å²) in [6.07, 6.45) is -0.367. The van der Waals surface area contributed by atoms with Crippen molar-refractivity contribution in [3.63, 3.8) is 0 Å². The van der Waals surface area contributed by atoms with Crippen molar-refractivity contribution in [3.05, 3.63) is 65.1 Å². The standard InChI is InChI=1S/C26H29N3O8/c1-26(2,12-11-22-28-20-9-4-5-10-21(20)29(22)35)27-15-19(18(24(32)33)14-23(30)31)25(34)37-17-8-6-7-16(13-17)36-3/h4-10,13-14,19,25,27,34H,11-12,15H2,1-3H3,(H-,30,31,32,33)/p+1. The minimum Gasteiger partial charge on any atom is -0.497 e. The normalized spacial score (nSPS) is 15.0. The molecule has 0 aliphatic carbocycles. The summed E-state index contributed by atoms with van der Waals surface area (Å²) in [6.45, 7) is 3.56. The molecule has 11 heteroatoms. The third kappa shape index (κ3) is 7.21. The van der Waals surface area contributed by atoms with Crippen LogP contribution in [0.3, 0.4) is 0 Å². The molecule has 2 aromatic carbocycles. The largest absolute Gasteiger partial charge is 0.497 e. The number of hydrogen-bond donors (Lipinski definition) is 4. The number of aliphatic hydroxyl groups is 1. The van der Waals surface area contributed by atoms with Crippen LogP contribution in [0, 0.1) is 10.8 Å². The van der Waals surface area contributed by atoms with E-state index in [0.717, 1.165) is 4.76 Å². The van der Waals surface area contributed by atoms with Gasteiger partial charge < -0.3 is 30.1 Å². The number of carbonyl (C=O) groups is 2. The van der Waals surface area contributed by atoms with Gasteiger partial charge in [0.25, 0.3) is 0 Å². The molecule has 0 spiro atoms. The lowest BCUT2D eigenvalue weighted by Gasteiger charge is -2.31. The van der Waals surface area contributed by atoms with Crippen molar-refractivity contribution in [2.24, 2.45) is 10.9 Å². The molecular weight excluding hydrogens is 482 g/mol. The molecule has 0 radical (unpaired) electrons. The molecule has 196 valence electrons. The van der Waals surface area contributed by atoms with Crippen LogP contribution in [-0.2, 0) is 9.59 Å². The van der Waals surface area contributed by atoms with Crippen molar-refractivity contribution in [1.82, 2.24) is 5.32 Å². The van der Waals surface area contributed by atoms with Crippen LogP contribution in [0.15, 0.2) is 65.2 Å². The number of para-hydroxylation sites is 2. The van der Waals surface area contributed by atoms with Gasteiger partial charge in [0, 0.05) is 29.0 Å². The fourth-order valence-electron chi connectivity index (χ4n) is 3.83. The predicted molar refractivity (Wildman–Crippen MR) is 135 cm³/mol. The van der Waals surface area contributed by atoms with Crippen molar-refractivity contribution in [3.8, 4) is 11.5 Å². The first-order valence-electron chi connectivity index (χ1n) is 11.6. The average molecular weight is 513 g/mol. The van der Waals surface area contributed by atoms with Crippen molar-refractivity contribution < 1.29 is 39.1 Å². The summed E-state index contributed by atoms with van der Waals surface area (Å²) in [5, 5.41) is 32.9. The summed E-state index contributed by atoms with van der Waals surface area (Å²) in [5.74, 6) is -3.19. The highest BCUT2D eigenvalue weighted by molar-refractivity contribution is 5.95. The quantitative estimate of drug-likeness (QED) is 0.179. The number of aliphatic carboxylic acids is 2. The van der Waals surface area contributed by atoms with Crippen LogP contribution in [0.2, 0.25) is 0 Å². The molecule has 0 fully saturated rings. The zero-order chi connectivity index (χ0) is 27.2. The number of nitrogens with one attached hydrogen (secondary N) is 1. The maximum Gasteiger partial charge on any atom is 0.343 e. The molecule has 2 atom stereocenters. The van der Waals surface area contributed by atoms with E-state index >= 15 is 0 Å². The van der Waals surface area contributed by atoms with Crippen LogP contribution < -0.4 is 14.8 Å². The number of carboxylic acid groups (broad SMARTS) is 2. The Morgan fingerprint density at radius 3 is 2.49 bits per heavy atom. The van der Waals surface area contributed by atoms with Gasteiger partial charge in [-0.3, -0.25) is 0 Å². The Hall–Kier alpha value is -4.09. The number of nitroso groups, excluding NO2 is 1. The van der Waals surface area contributed by atoms with Crippen LogP contribution >= 0.6 is 0 Å². The first-order chi connectivity index (χ1) is 17.5. The highest BCUT2D eigenvalue weighted by atomic mass is 16.6. The highest BCUT2D eigenvalue weighted by Crippen LogP contribution is 2.34. The topological polar surface area (TPSA) is 158 Å². The van der Waals surface area contributed by atoms with Crippen LogP contribution in [0.25, 0.3) is 0 Å². The van der Waals surface area contributed by atoms with Gasteiger partial charge in [-0.2, -0.15) is 0 Å². The Bertz CT molecular complexity index is 1240. The first-order valence-corrected chi connectivity index (χ1v) is 11.6. The second kappa shape index (κ2) is 11.8. The second-order valence-corrected chi connectivity index (χ2v) is 9.11. The minimum absolute atomic E-state index is 0.128. The maximum atomic E-state index is 12.5. The summed E-state index contributed by atoms with van der Waals surface area (Å²) in [7, 11) is 1.46. The molecule has 0 saturated heterocycles. The smallest absolute Gasteiger partial charge is 0.343 e. The monoisotopic (exact) mass is 512 g/mol. The van der Waals surface area contributed by atoms with E-state index in [1.54, 1.807) is 42.5 Å². The number of fused-ring (bicyclic) bond motifs is 1. The summed E-state index contributed by atoms with van der Waals surface area (Å²) in [6, 6.07) is 13.4. The van der Waals surface area contributed by atoms with Gasteiger partial charge in [-0.15, -0.1) is 0 Å². The molecular formula is C26H30N3O8+. The van der Waals surface area contributed by atoms with Gasteiger partial charge in [-0.25, -0.2) is 9.59 Å². The molecule has 2 aromatic rings. The molecule has 0 amide bonds. The number of benzene rings is 2. The molecule has 2 unspecified atom stereocenters. The number of rotatable bonds is 13. The zero-order valence-electron chi connectivity index (χ0n) is 20.7. The summed E-state index contributed by atoms with van der Waals surface area (Å²) >= 11 is 0. The number of aliphatic hydroxyl groups excluding tert-OH is 1. The van der Waals surface area contributed by atoms with Crippen molar-refractivity contribution in [1.29, 1.82) is 0 Å². The highest BCUT2D eigenvalue weighted by Gasteiger charge is 2.36. The van der Waals surface area contributed by atoms with E-state index in [1.165, 1.54) is 13.2 Å². The van der Waals surface area contributed by atoms with Crippen molar-refractivity contribution >= 4 is 29.1 Å². The van der Waals surface area contributed by atoms with Gasteiger partial charge in [0.05, 0.1) is 25.0 Å². The fourth-order valence-corrected chi connectivity index (χ4v) is 3.83. The Morgan fingerprint density at radius 2 is 1.84 bits per heavy atom. The predicted octanol–water partition coefficient (Wildman–Crippen LogP) is 3.41. The Balaban J connectivity index is 1.73. The number of hydrogen-bond acceptors (Lipinski definition) is 8. The number of aliphatic imine (C=N–C) groups is 1. The Labute approximate surface area is 213 Å². The number of carboxylic acids is 2. The van der Waals surface area contributed by atoms with Gasteiger partial charge in [-0.05, 0) is 49.5 Å². The average Bonchev–Trinajstić information content (AvgIpc) is 3.17.